The first-order valence-corrected chi connectivity index (χ1v) is 4.61. The molecule has 1 aromatic rings. The molecule has 1 heterocycles. The Balaban J connectivity index is 2.84. The monoisotopic (exact) mass is 307 g/mol. The summed E-state index contributed by atoms with van der Waals surface area (Å²) in [5, 5.41) is 4.21. The molecule has 0 aliphatic rings. The fourth-order valence-electron chi connectivity index (χ4n) is 0.645. The number of rotatable bonds is 2. The van der Waals surface area contributed by atoms with Gasteiger partial charge in [-0.15, -0.1) is 0 Å². The summed E-state index contributed by atoms with van der Waals surface area (Å²) < 4.78 is 3.85. The molecule has 0 aliphatic carbocycles. The van der Waals surface area contributed by atoms with Crippen LogP contribution in [0.1, 0.15) is 0 Å². The molecule has 0 atom stereocenters. The van der Waals surface area contributed by atoms with E-state index in [9.17, 15) is 0 Å². The fourth-order valence-corrected chi connectivity index (χ4v) is 1.03. The first-order chi connectivity index (χ1) is 4.74. The molecule has 54 valence electrons. The van der Waals surface area contributed by atoms with Crippen molar-refractivity contribution in [3.05, 3.63) is 12.3 Å². The van der Waals surface area contributed by atoms with E-state index in [0.29, 0.717) is 0 Å². The molecule has 0 saturated carbocycles. The van der Waals surface area contributed by atoms with Gasteiger partial charge in [0.15, 0.2) is 0 Å². The summed E-state index contributed by atoms with van der Waals surface area (Å²) in [4.78, 5) is 2.01. The van der Waals surface area contributed by atoms with E-state index in [-0.39, 0.29) is 0 Å². The summed E-state index contributed by atoms with van der Waals surface area (Å²) in [5.74, 6) is 0.998. The standard InChI is InChI=1S/C6H9N3.W/c1-8(2)6-4-5-9(3)7-6;/h1,4-5H,2-3H3;. The minimum absolute atomic E-state index is 0.998. The van der Waals surface area contributed by atoms with Crippen molar-refractivity contribution in [3.63, 3.8) is 0 Å². The van der Waals surface area contributed by atoms with E-state index < -0.39 is 0 Å². The number of anilines is 1. The molecule has 0 fully saturated rings. The van der Waals surface area contributed by atoms with Gasteiger partial charge in [0.1, 0.15) is 0 Å². The molecule has 0 aliphatic heterocycles. The third kappa shape index (κ3) is 1.54. The van der Waals surface area contributed by atoms with Crippen LogP contribution in [0.2, 0.25) is 0 Å². The van der Waals surface area contributed by atoms with Crippen LogP contribution in [-0.4, -0.2) is 21.4 Å². The van der Waals surface area contributed by atoms with Crippen LogP contribution in [-0.2, 0) is 26.4 Å². The quantitative estimate of drug-likeness (QED) is 0.776. The summed E-state index contributed by atoms with van der Waals surface area (Å²) >= 11 is 1.43. The Morgan fingerprint density at radius 2 is 2.50 bits per heavy atom. The van der Waals surface area contributed by atoms with Gasteiger partial charge in [-0.3, -0.25) is 0 Å². The normalized spacial score (nSPS) is 9.40. The molecule has 0 amide bonds. The Morgan fingerprint density at radius 3 is 2.90 bits per heavy atom. The SMILES string of the molecule is CN([CH]=[W])c1ccn(C)n1. The summed E-state index contributed by atoms with van der Waals surface area (Å²) in [5.41, 5.74) is 0. The third-order valence-corrected chi connectivity index (χ3v) is 2.36. The van der Waals surface area contributed by atoms with Crippen molar-refractivity contribution in [1.29, 1.82) is 0 Å². The number of aromatic nitrogens is 2. The van der Waals surface area contributed by atoms with E-state index in [1.54, 1.807) is 4.68 Å². The Bertz CT molecular complexity index is 231. The molecule has 0 unspecified atom stereocenters. The molecule has 0 saturated heterocycles. The molecule has 0 bridgehead atoms. The fraction of sp³-hybridized carbons (Fsp3) is 0.333. The average molecular weight is 307 g/mol. The minimum atomic E-state index is 0.998. The van der Waals surface area contributed by atoms with Gasteiger partial charge in [-0.1, -0.05) is 0 Å². The van der Waals surface area contributed by atoms with Crippen LogP contribution in [0.25, 0.3) is 0 Å². The Kier molecular flexibility index (Phi) is 2.38. The van der Waals surface area contributed by atoms with Gasteiger partial charge >= 0.3 is 70.7 Å². The zero-order valence-corrected chi connectivity index (χ0v) is 8.92. The second-order valence-corrected chi connectivity index (χ2v) is 2.82. The van der Waals surface area contributed by atoms with E-state index in [1.807, 2.05) is 31.3 Å². The molecule has 0 spiro atoms. The van der Waals surface area contributed by atoms with Gasteiger partial charge < -0.3 is 0 Å². The molecule has 0 aromatic carbocycles. The number of hydrogen-bond donors (Lipinski definition) is 0. The van der Waals surface area contributed by atoms with Crippen molar-refractivity contribution in [2.45, 2.75) is 0 Å². The van der Waals surface area contributed by atoms with Gasteiger partial charge in [0.05, 0.1) is 0 Å². The Labute approximate surface area is 71.0 Å². The van der Waals surface area contributed by atoms with Crippen molar-refractivity contribution in [1.82, 2.24) is 9.78 Å². The van der Waals surface area contributed by atoms with Crippen molar-refractivity contribution >= 4 is 10.3 Å². The van der Waals surface area contributed by atoms with Crippen molar-refractivity contribution < 1.29 is 19.4 Å². The van der Waals surface area contributed by atoms with E-state index >= 15 is 0 Å². The molecular formula is C6H9N3W. The number of nitrogens with zero attached hydrogens (tertiary/aromatic N) is 3. The summed E-state index contributed by atoms with van der Waals surface area (Å²) in [7, 11) is 3.91. The van der Waals surface area contributed by atoms with Gasteiger partial charge in [0, 0.05) is 0 Å². The first kappa shape index (κ1) is 7.67. The Morgan fingerprint density at radius 1 is 1.80 bits per heavy atom. The van der Waals surface area contributed by atoms with E-state index in [4.69, 9.17) is 0 Å². The van der Waals surface area contributed by atoms with Crippen LogP contribution >= 0.6 is 0 Å². The van der Waals surface area contributed by atoms with Gasteiger partial charge in [-0.05, 0) is 0 Å². The predicted octanol–water partition coefficient (Wildman–Crippen LogP) is 0.163. The molecule has 1 aromatic heterocycles. The summed E-state index contributed by atoms with van der Waals surface area (Å²) in [6.07, 6.45) is 1.94. The number of hydrogen-bond acceptors (Lipinski definition) is 2. The van der Waals surface area contributed by atoms with Crippen molar-refractivity contribution in [2.24, 2.45) is 7.05 Å². The van der Waals surface area contributed by atoms with Crippen molar-refractivity contribution in [2.75, 3.05) is 11.9 Å². The van der Waals surface area contributed by atoms with Crippen LogP contribution in [0.5, 0.6) is 0 Å². The second kappa shape index (κ2) is 3.11. The molecule has 4 heteroatoms. The van der Waals surface area contributed by atoms with Crippen LogP contribution in [0.4, 0.5) is 5.82 Å². The molecule has 1 rings (SSSR count). The topological polar surface area (TPSA) is 21.1 Å². The zero-order chi connectivity index (χ0) is 7.56. The van der Waals surface area contributed by atoms with Gasteiger partial charge in [0.2, 0.25) is 0 Å². The zero-order valence-electron chi connectivity index (χ0n) is 5.98. The number of aryl methyl sites for hydroxylation is 1. The van der Waals surface area contributed by atoms with E-state index in [0.717, 1.165) is 5.82 Å². The van der Waals surface area contributed by atoms with E-state index in [2.05, 4.69) is 9.62 Å². The third-order valence-electron chi connectivity index (χ3n) is 1.22. The summed E-state index contributed by atoms with van der Waals surface area (Å²) in [6, 6.07) is 1.99. The van der Waals surface area contributed by atoms with Gasteiger partial charge in [0.25, 0.3) is 0 Å². The maximum atomic E-state index is 4.21. The predicted molar refractivity (Wildman–Crippen MR) is 37.7 cm³/mol. The molecule has 3 nitrogen and oxygen atoms in total. The molecule has 10 heavy (non-hydrogen) atoms. The van der Waals surface area contributed by atoms with Crippen LogP contribution in [0.3, 0.4) is 0 Å². The molecule has 0 radical (unpaired) electrons. The van der Waals surface area contributed by atoms with Crippen molar-refractivity contribution in [3.8, 4) is 0 Å². The maximum absolute atomic E-state index is 4.21. The van der Waals surface area contributed by atoms with Gasteiger partial charge in [-0.2, -0.15) is 0 Å². The van der Waals surface area contributed by atoms with Crippen LogP contribution in [0.15, 0.2) is 12.3 Å². The second-order valence-electron chi connectivity index (χ2n) is 2.06. The molecular weight excluding hydrogens is 298 g/mol. The average Bonchev–Trinajstić information content (AvgIpc) is 2.34. The van der Waals surface area contributed by atoms with Gasteiger partial charge in [-0.25, -0.2) is 0 Å². The van der Waals surface area contributed by atoms with E-state index in [1.165, 1.54) is 19.4 Å². The molecule has 0 N–H and O–H groups in total. The van der Waals surface area contributed by atoms with Crippen LogP contribution in [0, 0.1) is 0 Å². The first-order valence-electron chi connectivity index (χ1n) is 2.92. The summed E-state index contributed by atoms with van der Waals surface area (Å²) in [6.45, 7) is 0. The Hall–Kier alpha value is -0.432. The van der Waals surface area contributed by atoms with Crippen LogP contribution < -0.4 is 4.90 Å².